The molecule has 0 atom stereocenters. The predicted molar refractivity (Wildman–Crippen MR) is 453 cm³/mol. The first kappa shape index (κ1) is 70.5. The number of hydrogen-bond donors (Lipinski definition) is 0. The lowest BCUT2D eigenvalue weighted by Gasteiger charge is -2.30. The maximum Gasteiger partial charge on any atom is 0.543 e. The molecule has 14 aromatic rings. The first-order valence-corrected chi connectivity index (χ1v) is 37.7. The summed E-state index contributed by atoms with van der Waals surface area (Å²) in [7, 11) is 6.45. The quantitative estimate of drug-likeness (QED) is 0.0845. The molecule has 0 bridgehead atoms. The highest BCUT2D eigenvalue weighted by Crippen LogP contribution is 2.50. The Hall–Kier alpha value is -12.1. The third kappa shape index (κ3) is 13.2. The van der Waals surface area contributed by atoms with Gasteiger partial charge in [-0.1, -0.05) is 252 Å². The summed E-state index contributed by atoms with van der Waals surface area (Å²) in [5, 5.41) is 0. The molecule has 0 aliphatic carbocycles. The summed E-state index contributed by atoms with van der Waals surface area (Å²) in [5.41, 5.74) is 29.0. The molecule has 3 aromatic heterocycles. The topological polar surface area (TPSA) is 31.1 Å². The van der Waals surface area contributed by atoms with Crippen LogP contribution in [0.2, 0.25) is 0 Å². The molecule has 11 aromatic carbocycles. The van der Waals surface area contributed by atoms with Crippen LogP contribution in [-0.4, -0.2) is 20.9 Å². The van der Waals surface area contributed by atoms with Gasteiger partial charge in [-0.3, -0.25) is 14.4 Å². The molecule has 17 rings (SSSR count). The molecule has 0 fully saturated rings. The fraction of sp³-hybridized carbons (Fsp3) is 0.147. The van der Waals surface area contributed by atoms with E-state index >= 15 is 0 Å². The van der Waals surface area contributed by atoms with E-state index in [4.69, 9.17) is 0 Å². The second-order valence-corrected chi connectivity index (χ2v) is 29.2. The maximum absolute atomic E-state index is 2.56. The summed E-state index contributed by atoms with van der Waals surface area (Å²) in [6.07, 6.45) is 6.45. The summed E-state index contributed by atoms with van der Waals surface area (Å²) >= 11 is 0. The minimum Gasteiger partial charge on any atom is -0.333 e. The zero-order chi connectivity index (χ0) is 74.0. The average molecular weight is 1390 g/mol. The second-order valence-electron chi connectivity index (χ2n) is 29.2. The molecule has 0 radical (unpaired) electrons. The molecule has 107 heavy (non-hydrogen) atoms. The predicted octanol–water partition coefficient (Wildman–Crippen LogP) is 19.7. The van der Waals surface area contributed by atoms with Crippen molar-refractivity contribution in [1.82, 2.24) is 0 Å². The molecule has 12 heteroatoms. The van der Waals surface area contributed by atoms with Crippen LogP contribution in [0.25, 0.3) is 22.3 Å². The Kier molecular flexibility index (Phi) is 20.1. The van der Waals surface area contributed by atoms with Crippen LogP contribution >= 0.6 is 0 Å². The van der Waals surface area contributed by atoms with Gasteiger partial charge in [0.15, 0.2) is 0 Å². The Morgan fingerprint density at radius 1 is 0.234 bits per heavy atom. The van der Waals surface area contributed by atoms with E-state index in [2.05, 4.69) is 460 Å². The molecule has 0 N–H and O–H groups in total. The Bertz CT molecular complexity index is 5390. The van der Waals surface area contributed by atoms with Crippen LogP contribution in [0.3, 0.4) is 0 Å². The molecule has 0 saturated carbocycles. The van der Waals surface area contributed by atoms with Crippen molar-refractivity contribution in [3.05, 3.63) is 373 Å². The van der Waals surface area contributed by atoms with Gasteiger partial charge in [0.25, 0.3) is 17.5 Å². The number of aryl methyl sites for hydroxylation is 8. The van der Waals surface area contributed by atoms with E-state index < -0.39 is 0 Å². The van der Waals surface area contributed by atoms with Gasteiger partial charge < -0.3 is 14.4 Å². The van der Waals surface area contributed by atoms with Crippen molar-refractivity contribution in [2.45, 2.75) is 74.1 Å². The van der Waals surface area contributed by atoms with Gasteiger partial charge in [0.05, 0.1) is 39.7 Å². The summed E-state index contributed by atoms with van der Waals surface area (Å²) in [6, 6.07) is 114. The van der Waals surface area contributed by atoms with Gasteiger partial charge >= 0.3 is 20.9 Å². The summed E-state index contributed by atoms with van der Waals surface area (Å²) in [6.45, 7) is 20.2. The zero-order valence-electron chi connectivity index (χ0n) is 63.7. The highest BCUT2D eigenvalue weighted by molar-refractivity contribution is 6.87. The standard InChI is InChI=1S/C37H31BN3.C31H35BN3.C27H27BN3/c1-28-16-12-13-25-34(28)41-37-35(26-15-27-39(37)2)40(31-21-10-5-11-22-31)38(41)36-32(29-17-6-3-7-18-29)23-14-24-33(36)30-19-8-4-9-20-30;1-22(2)26-17-12-18-27(23(3)4)30(26)32-34(25-15-8-7-9-16-25)29-20-13-21-33(6)31(29)35(32)28-19-11-10-14-24(28)5;1-20-12-8-9-17-24(20)31-27-25(18-11-19-29(27)4)30(23-15-6-5-7-16-23)28(31)26-21(2)13-10-14-22(26)3/h3-27H,1-2H3;7-23H,1-6H3;5-19H,1-4H3/q3*+1. The average Bonchev–Trinajstić information content (AvgIpc) is 1.59. The van der Waals surface area contributed by atoms with Crippen molar-refractivity contribution < 1.29 is 13.7 Å². The van der Waals surface area contributed by atoms with Gasteiger partial charge in [-0.05, 0) is 199 Å². The Labute approximate surface area is 635 Å². The molecule has 0 saturated heterocycles. The van der Waals surface area contributed by atoms with Crippen LogP contribution in [0.4, 0.5) is 68.6 Å². The van der Waals surface area contributed by atoms with Crippen LogP contribution < -0.4 is 59.0 Å². The number of benzene rings is 11. The lowest BCUT2D eigenvalue weighted by atomic mass is 9.58. The molecular formula is C95H93B3N9+3. The lowest BCUT2D eigenvalue weighted by molar-refractivity contribution is -0.657. The van der Waals surface area contributed by atoms with Crippen molar-refractivity contribution in [2.75, 3.05) is 28.9 Å². The molecule has 524 valence electrons. The Balaban J connectivity index is 0.000000130. The maximum atomic E-state index is 2.56. The minimum absolute atomic E-state index is 0.00176. The first-order valence-electron chi connectivity index (χ1n) is 37.7. The number of aromatic nitrogens is 3. The summed E-state index contributed by atoms with van der Waals surface area (Å²) < 4.78 is 6.76. The SMILES string of the molecule is Cc1ccccc1N1B(c2c(-c3ccccc3)cccc2-c2ccccc2)N(c2ccccc2)c2ccc[n+](C)c21.Cc1ccccc1N1B(c2c(C(C)C)cccc2C(C)C)N(c2ccccc2)c2ccc[n+](C)c21.Cc1ccccc1N1B(c2c(C)cccc2C)N(c2ccccc2)c2ccc[n+](C)c21. The van der Waals surface area contributed by atoms with E-state index in [1.165, 1.54) is 135 Å². The Morgan fingerprint density at radius 2 is 0.495 bits per heavy atom. The van der Waals surface area contributed by atoms with Crippen molar-refractivity contribution >= 4 is 106 Å². The highest BCUT2D eigenvalue weighted by Gasteiger charge is 2.57. The number of nitrogens with zero attached hydrogens (tertiary/aromatic N) is 9. The van der Waals surface area contributed by atoms with E-state index in [0.29, 0.717) is 11.8 Å². The Morgan fingerprint density at radius 3 is 0.822 bits per heavy atom. The summed E-state index contributed by atoms with van der Waals surface area (Å²) in [5.74, 6) is 4.41. The molecule has 3 aliphatic heterocycles. The van der Waals surface area contributed by atoms with Crippen LogP contribution in [-0.2, 0) is 21.1 Å². The van der Waals surface area contributed by atoms with Crippen LogP contribution in [0.15, 0.2) is 334 Å². The number of anilines is 12. The van der Waals surface area contributed by atoms with Crippen LogP contribution in [0.1, 0.15) is 78.5 Å². The fourth-order valence-corrected chi connectivity index (χ4v) is 16.6. The van der Waals surface area contributed by atoms with E-state index in [9.17, 15) is 0 Å². The molecule has 0 spiro atoms. The second kappa shape index (κ2) is 30.5. The van der Waals surface area contributed by atoms with Gasteiger partial charge in [0.2, 0.25) is 0 Å². The number of fused-ring (bicyclic) bond motifs is 3. The van der Waals surface area contributed by atoms with Crippen molar-refractivity contribution in [3.8, 4) is 22.3 Å². The number of pyridine rings is 3. The molecule has 3 aliphatic rings. The lowest BCUT2D eigenvalue weighted by Crippen LogP contribution is -2.57. The zero-order valence-corrected chi connectivity index (χ0v) is 63.7. The fourth-order valence-electron chi connectivity index (χ4n) is 16.6. The van der Waals surface area contributed by atoms with Gasteiger partial charge in [-0.2, -0.15) is 0 Å². The number of rotatable bonds is 13. The molecule has 0 unspecified atom stereocenters. The van der Waals surface area contributed by atoms with Crippen molar-refractivity contribution in [2.24, 2.45) is 21.1 Å². The molecular weight excluding hydrogens is 1300 g/mol. The molecule has 0 amide bonds. The monoisotopic (exact) mass is 1390 g/mol. The number of hydrogen-bond acceptors (Lipinski definition) is 6. The van der Waals surface area contributed by atoms with Crippen LogP contribution in [0.5, 0.6) is 0 Å². The smallest absolute Gasteiger partial charge is 0.333 e. The van der Waals surface area contributed by atoms with Crippen molar-refractivity contribution in [3.63, 3.8) is 0 Å². The molecule has 6 heterocycles. The van der Waals surface area contributed by atoms with Gasteiger partial charge in [0.1, 0.15) is 34.1 Å². The van der Waals surface area contributed by atoms with E-state index in [1.54, 1.807) is 0 Å². The third-order valence-corrected chi connectivity index (χ3v) is 21.5. The third-order valence-electron chi connectivity index (χ3n) is 21.5. The van der Waals surface area contributed by atoms with Gasteiger partial charge in [-0.25, -0.2) is 13.7 Å². The summed E-state index contributed by atoms with van der Waals surface area (Å²) in [4.78, 5) is 15.1. The van der Waals surface area contributed by atoms with Crippen molar-refractivity contribution in [1.29, 1.82) is 0 Å². The minimum atomic E-state index is -0.145. The molecule has 9 nitrogen and oxygen atoms in total. The largest absolute Gasteiger partial charge is 0.543 e. The van der Waals surface area contributed by atoms with E-state index in [-0.39, 0.29) is 20.9 Å². The van der Waals surface area contributed by atoms with Gasteiger partial charge in [0, 0.05) is 33.5 Å². The number of para-hydroxylation sites is 6. The van der Waals surface area contributed by atoms with E-state index in [1.807, 2.05) is 0 Å². The first-order chi connectivity index (χ1) is 52.2. The van der Waals surface area contributed by atoms with E-state index in [0.717, 1.165) is 11.5 Å². The highest BCUT2D eigenvalue weighted by atomic mass is 15.4. The van der Waals surface area contributed by atoms with Gasteiger partial charge in [-0.15, -0.1) is 0 Å². The van der Waals surface area contributed by atoms with Crippen LogP contribution in [0, 0.1) is 34.6 Å². The normalized spacial score (nSPS) is 12.9.